The second-order valence-electron chi connectivity index (χ2n) is 6.31. The van der Waals surface area contributed by atoms with Crippen LogP contribution in [0.3, 0.4) is 0 Å². The molecule has 1 N–H and O–H groups in total. The molecule has 3 heterocycles. The number of ether oxygens (including phenoxy) is 1. The first-order chi connectivity index (χ1) is 9.28. The maximum absolute atomic E-state index is 12.6. The maximum atomic E-state index is 12.6. The highest BCUT2D eigenvalue weighted by atomic mass is 16.5. The van der Waals surface area contributed by atoms with Crippen LogP contribution in [0.5, 0.6) is 0 Å². The number of carbonyl (C=O) groups excluding carboxylic acids is 1. The number of amides is 1. The third kappa shape index (κ3) is 2.79. The molecule has 0 aromatic rings. The van der Waals surface area contributed by atoms with E-state index in [0.29, 0.717) is 18.0 Å². The summed E-state index contributed by atoms with van der Waals surface area (Å²) in [4.78, 5) is 14.7. The standard InChI is InChI=1S/C15H26N2O2/c1-2-8-19-12-4-3-7-17(10-12)15(18)13-9-11-5-6-14(13)16-11/h11-14,16H,2-10H2,1H3. The van der Waals surface area contributed by atoms with E-state index < -0.39 is 0 Å². The molecule has 0 aliphatic carbocycles. The lowest BCUT2D eigenvalue weighted by atomic mass is 9.87. The predicted octanol–water partition coefficient (Wildman–Crippen LogP) is 1.54. The van der Waals surface area contributed by atoms with Crippen molar-refractivity contribution >= 4 is 5.91 Å². The summed E-state index contributed by atoms with van der Waals surface area (Å²) in [5, 5.41) is 3.56. The van der Waals surface area contributed by atoms with Crippen molar-refractivity contribution in [2.75, 3.05) is 19.7 Å². The van der Waals surface area contributed by atoms with Crippen LogP contribution in [0.4, 0.5) is 0 Å². The summed E-state index contributed by atoms with van der Waals surface area (Å²) in [5.41, 5.74) is 0. The average Bonchev–Trinajstić information content (AvgIpc) is 3.07. The third-order valence-corrected chi connectivity index (χ3v) is 4.86. The fourth-order valence-corrected chi connectivity index (χ4v) is 3.89. The third-order valence-electron chi connectivity index (χ3n) is 4.86. The van der Waals surface area contributed by atoms with Crippen molar-refractivity contribution in [2.24, 2.45) is 5.92 Å². The highest BCUT2D eigenvalue weighted by molar-refractivity contribution is 5.80. The van der Waals surface area contributed by atoms with Crippen molar-refractivity contribution in [1.82, 2.24) is 10.2 Å². The normalized spacial score (nSPS) is 37.8. The summed E-state index contributed by atoms with van der Waals surface area (Å²) < 4.78 is 5.83. The largest absolute Gasteiger partial charge is 0.376 e. The summed E-state index contributed by atoms with van der Waals surface area (Å²) >= 11 is 0. The zero-order valence-corrected chi connectivity index (χ0v) is 11.9. The van der Waals surface area contributed by atoms with E-state index in [-0.39, 0.29) is 12.0 Å². The molecule has 4 heteroatoms. The fraction of sp³-hybridized carbons (Fsp3) is 0.933. The number of carbonyl (C=O) groups is 1. The molecule has 108 valence electrons. The van der Waals surface area contributed by atoms with Crippen molar-refractivity contribution in [1.29, 1.82) is 0 Å². The van der Waals surface area contributed by atoms with Crippen LogP contribution in [0.25, 0.3) is 0 Å². The Morgan fingerprint density at radius 3 is 2.95 bits per heavy atom. The molecule has 4 nitrogen and oxygen atoms in total. The van der Waals surface area contributed by atoms with Crippen LogP contribution in [-0.2, 0) is 9.53 Å². The molecular weight excluding hydrogens is 240 g/mol. The molecule has 2 bridgehead atoms. The number of rotatable bonds is 4. The molecule has 3 aliphatic rings. The molecule has 3 rings (SSSR count). The molecule has 0 spiro atoms. The van der Waals surface area contributed by atoms with Crippen molar-refractivity contribution in [2.45, 2.75) is 63.6 Å². The summed E-state index contributed by atoms with van der Waals surface area (Å²) in [6.45, 7) is 4.69. The van der Waals surface area contributed by atoms with Gasteiger partial charge in [0.15, 0.2) is 0 Å². The number of fused-ring (bicyclic) bond motifs is 2. The molecule has 3 fully saturated rings. The Kier molecular flexibility index (Phi) is 4.08. The minimum Gasteiger partial charge on any atom is -0.376 e. The monoisotopic (exact) mass is 266 g/mol. The lowest BCUT2D eigenvalue weighted by Crippen LogP contribution is -2.47. The maximum Gasteiger partial charge on any atom is 0.227 e. The summed E-state index contributed by atoms with van der Waals surface area (Å²) in [7, 11) is 0. The Morgan fingerprint density at radius 1 is 1.37 bits per heavy atom. The number of nitrogens with one attached hydrogen (secondary N) is 1. The highest BCUT2D eigenvalue weighted by Crippen LogP contribution is 2.34. The molecular formula is C15H26N2O2. The molecule has 3 aliphatic heterocycles. The van der Waals surface area contributed by atoms with Gasteiger partial charge in [-0.15, -0.1) is 0 Å². The van der Waals surface area contributed by atoms with E-state index in [0.717, 1.165) is 45.4 Å². The molecule has 1 amide bonds. The van der Waals surface area contributed by atoms with Gasteiger partial charge in [0.1, 0.15) is 0 Å². The van der Waals surface area contributed by atoms with Crippen molar-refractivity contribution < 1.29 is 9.53 Å². The summed E-state index contributed by atoms with van der Waals surface area (Å²) in [6.07, 6.45) is 7.03. The Balaban J connectivity index is 1.54. The van der Waals surface area contributed by atoms with Crippen LogP contribution in [0.15, 0.2) is 0 Å². The molecule has 0 radical (unpaired) electrons. The highest BCUT2D eigenvalue weighted by Gasteiger charge is 2.44. The molecule has 19 heavy (non-hydrogen) atoms. The van der Waals surface area contributed by atoms with Crippen LogP contribution in [0.1, 0.15) is 45.4 Å². The molecule has 4 atom stereocenters. The van der Waals surface area contributed by atoms with Crippen LogP contribution >= 0.6 is 0 Å². The summed E-state index contributed by atoms with van der Waals surface area (Å²) in [5.74, 6) is 0.619. The molecule has 0 saturated carbocycles. The van der Waals surface area contributed by atoms with Crippen molar-refractivity contribution in [3.63, 3.8) is 0 Å². The first kappa shape index (κ1) is 13.4. The molecule has 4 unspecified atom stereocenters. The Labute approximate surface area is 115 Å². The van der Waals surface area contributed by atoms with E-state index in [4.69, 9.17) is 4.74 Å². The van der Waals surface area contributed by atoms with Crippen LogP contribution < -0.4 is 5.32 Å². The molecule has 3 saturated heterocycles. The van der Waals surface area contributed by atoms with E-state index in [1.54, 1.807) is 0 Å². The predicted molar refractivity (Wildman–Crippen MR) is 73.9 cm³/mol. The van der Waals surface area contributed by atoms with Gasteiger partial charge in [-0.2, -0.15) is 0 Å². The van der Waals surface area contributed by atoms with Gasteiger partial charge in [0.05, 0.1) is 12.0 Å². The number of hydrogen-bond donors (Lipinski definition) is 1. The number of likely N-dealkylation sites (tertiary alicyclic amines) is 1. The van der Waals surface area contributed by atoms with Gasteiger partial charge in [-0.1, -0.05) is 6.92 Å². The van der Waals surface area contributed by atoms with Crippen LogP contribution in [0, 0.1) is 5.92 Å². The van der Waals surface area contributed by atoms with Crippen molar-refractivity contribution in [3.05, 3.63) is 0 Å². The van der Waals surface area contributed by atoms with E-state index in [2.05, 4.69) is 17.1 Å². The topological polar surface area (TPSA) is 41.6 Å². The van der Waals surface area contributed by atoms with Gasteiger partial charge in [0, 0.05) is 31.8 Å². The number of piperidine rings is 1. The van der Waals surface area contributed by atoms with Gasteiger partial charge in [-0.25, -0.2) is 0 Å². The second kappa shape index (κ2) is 5.80. The van der Waals surface area contributed by atoms with E-state index in [1.807, 2.05) is 0 Å². The SMILES string of the molecule is CCCOC1CCCN(C(=O)C2CC3CCC2N3)C1. The quantitative estimate of drug-likeness (QED) is 0.839. The van der Waals surface area contributed by atoms with E-state index in [1.165, 1.54) is 12.8 Å². The zero-order valence-electron chi connectivity index (χ0n) is 11.9. The second-order valence-corrected chi connectivity index (χ2v) is 6.31. The van der Waals surface area contributed by atoms with Gasteiger partial charge in [0.2, 0.25) is 5.91 Å². The minimum absolute atomic E-state index is 0.240. The fourth-order valence-electron chi connectivity index (χ4n) is 3.89. The zero-order chi connectivity index (χ0) is 13.2. The minimum atomic E-state index is 0.240. The van der Waals surface area contributed by atoms with Crippen LogP contribution in [-0.4, -0.2) is 48.7 Å². The molecule has 0 aromatic heterocycles. The first-order valence-corrected chi connectivity index (χ1v) is 7.94. The Hall–Kier alpha value is -0.610. The first-order valence-electron chi connectivity index (χ1n) is 7.94. The smallest absolute Gasteiger partial charge is 0.227 e. The molecule has 0 aromatic carbocycles. The van der Waals surface area contributed by atoms with E-state index in [9.17, 15) is 4.79 Å². The van der Waals surface area contributed by atoms with Crippen molar-refractivity contribution in [3.8, 4) is 0 Å². The van der Waals surface area contributed by atoms with Gasteiger partial charge in [0.25, 0.3) is 0 Å². The van der Waals surface area contributed by atoms with Gasteiger partial charge >= 0.3 is 0 Å². The Bertz CT molecular complexity index is 334. The number of nitrogens with zero attached hydrogens (tertiary/aromatic N) is 1. The van der Waals surface area contributed by atoms with Gasteiger partial charge < -0.3 is 15.0 Å². The lowest BCUT2D eigenvalue weighted by molar-refractivity contribution is -0.140. The van der Waals surface area contributed by atoms with Crippen LogP contribution in [0.2, 0.25) is 0 Å². The summed E-state index contributed by atoms with van der Waals surface area (Å²) in [6, 6.07) is 1.06. The van der Waals surface area contributed by atoms with Gasteiger partial charge in [-0.3, -0.25) is 4.79 Å². The number of hydrogen-bond acceptors (Lipinski definition) is 3. The van der Waals surface area contributed by atoms with E-state index >= 15 is 0 Å². The Morgan fingerprint density at radius 2 is 2.26 bits per heavy atom. The average molecular weight is 266 g/mol. The van der Waals surface area contributed by atoms with Gasteiger partial charge in [-0.05, 0) is 38.5 Å². The lowest BCUT2D eigenvalue weighted by Gasteiger charge is -2.35.